The number of piperazine rings is 1. The molecule has 1 aliphatic carbocycles. The van der Waals surface area contributed by atoms with Gasteiger partial charge in [0.05, 0.1) is 6.07 Å². The molecule has 0 amide bonds. The van der Waals surface area contributed by atoms with Crippen molar-refractivity contribution in [2.75, 3.05) is 33.2 Å². The maximum Gasteiger partial charge on any atom is 0.108 e. The van der Waals surface area contributed by atoms with Crippen molar-refractivity contribution in [2.45, 2.75) is 57.2 Å². The summed E-state index contributed by atoms with van der Waals surface area (Å²) in [6.07, 6.45) is 4.41. The Hall–Kier alpha value is -0.630. The van der Waals surface area contributed by atoms with Gasteiger partial charge in [0, 0.05) is 31.7 Å². The molecule has 0 aromatic heterocycles. The Kier molecular flexibility index (Phi) is 4.83. The van der Waals surface area contributed by atoms with Crippen molar-refractivity contribution in [2.24, 2.45) is 0 Å². The highest BCUT2D eigenvalue weighted by atomic mass is 15.3. The molecule has 1 saturated heterocycles. The molecule has 0 radical (unpaired) electrons. The minimum absolute atomic E-state index is 0.284. The van der Waals surface area contributed by atoms with Crippen LogP contribution in [-0.4, -0.2) is 60.6 Å². The molecular formula is C15H28N4. The van der Waals surface area contributed by atoms with Crippen molar-refractivity contribution >= 4 is 0 Å². The molecule has 2 aliphatic rings. The largest absolute Gasteiger partial charge is 0.302 e. The SMILES string of the molecule is CCN1CCN(C2CCCC(C#N)(NC)C2)CC1C. The number of nitriles is 1. The summed E-state index contributed by atoms with van der Waals surface area (Å²) in [7, 11) is 1.93. The standard InChI is InChI=1S/C15H28N4/c1-4-18-8-9-19(11-13(18)2)14-6-5-7-15(10-14,12-16)17-3/h13-14,17H,4-11H2,1-3H3. The highest BCUT2D eigenvalue weighted by Crippen LogP contribution is 2.31. The lowest BCUT2D eigenvalue weighted by Crippen LogP contribution is -2.58. The molecule has 1 N–H and O–H groups in total. The maximum absolute atomic E-state index is 9.45. The van der Waals surface area contributed by atoms with Crippen LogP contribution < -0.4 is 5.32 Å². The van der Waals surface area contributed by atoms with E-state index < -0.39 is 0 Å². The summed E-state index contributed by atoms with van der Waals surface area (Å²) < 4.78 is 0. The number of hydrogen-bond donors (Lipinski definition) is 1. The van der Waals surface area contributed by atoms with Gasteiger partial charge in [0.25, 0.3) is 0 Å². The Bertz CT molecular complexity index is 338. The predicted molar refractivity (Wildman–Crippen MR) is 77.9 cm³/mol. The lowest BCUT2D eigenvalue weighted by molar-refractivity contribution is 0.0357. The van der Waals surface area contributed by atoms with E-state index in [1.807, 2.05) is 7.05 Å². The first-order valence-corrected chi connectivity index (χ1v) is 7.72. The van der Waals surface area contributed by atoms with Gasteiger partial charge < -0.3 is 5.32 Å². The van der Waals surface area contributed by atoms with E-state index in [0.29, 0.717) is 12.1 Å². The smallest absolute Gasteiger partial charge is 0.108 e. The first-order valence-electron chi connectivity index (χ1n) is 7.72. The molecule has 19 heavy (non-hydrogen) atoms. The second-order valence-corrected chi connectivity index (χ2v) is 6.17. The van der Waals surface area contributed by atoms with Crippen LogP contribution in [0.4, 0.5) is 0 Å². The van der Waals surface area contributed by atoms with E-state index in [-0.39, 0.29) is 5.54 Å². The molecule has 0 aromatic carbocycles. The average Bonchev–Trinajstić information content (AvgIpc) is 2.47. The summed E-state index contributed by atoms with van der Waals surface area (Å²) in [5, 5.41) is 12.7. The third kappa shape index (κ3) is 3.10. The Morgan fingerprint density at radius 3 is 2.79 bits per heavy atom. The molecule has 3 unspecified atom stereocenters. The van der Waals surface area contributed by atoms with Crippen LogP contribution in [0.2, 0.25) is 0 Å². The van der Waals surface area contributed by atoms with E-state index in [9.17, 15) is 5.26 Å². The molecule has 1 saturated carbocycles. The zero-order chi connectivity index (χ0) is 13.9. The van der Waals surface area contributed by atoms with Crippen LogP contribution in [0.5, 0.6) is 0 Å². The van der Waals surface area contributed by atoms with E-state index in [1.165, 1.54) is 19.4 Å². The van der Waals surface area contributed by atoms with Gasteiger partial charge in [-0.15, -0.1) is 0 Å². The van der Waals surface area contributed by atoms with Crippen LogP contribution in [0, 0.1) is 11.3 Å². The van der Waals surface area contributed by atoms with E-state index in [2.05, 4.69) is 35.0 Å². The van der Waals surface area contributed by atoms with Crippen molar-refractivity contribution in [3.8, 4) is 6.07 Å². The third-order valence-corrected chi connectivity index (χ3v) is 5.14. The van der Waals surface area contributed by atoms with Crippen molar-refractivity contribution < 1.29 is 0 Å². The van der Waals surface area contributed by atoms with Crippen LogP contribution in [0.15, 0.2) is 0 Å². The summed E-state index contributed by atoms with van der Waals surface area (Å²) >= 11 is 0. The Morgan fingerprint density at radius 1 is 1.42 bits per heavy atom. The number of nitrogens with one attached hydrogen (secondary N) is 1. The second-order valence-electron chi connectivity index (χ2n) is 6.17. The van der Waals surface area contributed by atoms with E-state index >= 15 is 0 Å². The van der Waals surface area contributed by atoms with Gasteiger partial charge >= 0.3 is 0 Å². The summed E-state index contributed by atoms with van der Waals surface area (Å²) in [4.78, 5) is 5.17. The van der Waals surface area contributed by atoms with Crippen LogP contribution >= 0.6 is 0 Å². The lowest BCUT2D eigenvalue weighted by Gasteiger charge is -2.46. The van der Waals surface area contributed by atoms with Gasteiger partial charge in [-0.2, -0.15) is 5.26 Å². The van der Waals surface area contributed by atoms with Gasteiger partial charge in [-0.05, 0) is 46.2 Å². The number of hydrogen-bond acceptors (Lipinski definition) is 4. The normalized spacial score (nSPS) is 38.0. The van der Waals surface area contributed by atoms with Crippen molar-refractivity contribution in [3.63, 3.8) is 0 Å². The molecular weight excluding hydrogens is 236 g/mol. The first-order chi connectivity index (χ1) is 9.14. The summed E-state index contributed by atoms with van der Waals surface area (Å²) in [6, 6.07) is 3.75. The number of rotatable bonds is 3. The molecule has 1 aliphatic heterocycles. The van der Waals surface area contributed by atoms with Gasteiger partial charge in [-0.1, -0.05) is 6.92 Å². The molecule has 3 atom stereocenters. The van der Waals surface area contributed by atoms with Crippen molar-refractivity contribution in [1.29, 1.82) is 5.26 Å². The molecule has 2 rings (SSSR count). The van der Waals surface area contributed by atoms with Gasteiger partial charge in [-0.3, -0.25) is 9.80 Å². The fraction of sp³-hybridized carbons (Fsp3) is 0.933. The topological polar surface area (TPSA) is 42.3 Å². The monoisotopic (exact) mass is 264 g/mol. The quantitative estimate of drug-likeness (QED) is 0.837. The summed E-state index contributed by atoms with van der Waals surface area (Å²) in [6.45, 7) is 9.21. The van der Waals surface area contributed by atoms with Gasteiger partial charge in [0.1, 0.15) is 5.54 Å². The summed E-state index contributed by atoms with van der Waals surface area (Å²) in [5.41, 5.74) is -0.284. The lowest BCUT2D eigenvalue weighted by atomic mass is 9.79. The second kappa shape index (κ2) is 6.21. The molecule has 108 valence electrons. The molecule has 0 spiro atoms. The minimum Gasteiger partial charge on any atom is -0.302 e. The Balaban J connectivity index is 1.97. The van der Waals surface area contributed by atoms with Crippen molar-refractivity contribution in [3.05, 3.63) is 0 Å². The van der Waals surface area contributed by atoms with Crippen LogP contribution in [0.3, 0.4) is 0 Å². The number of likely N-dealkylation sites (N-methyl/N-ethyl adjacent to an activating group) is 1. The van der Waals surface area contributed by atoms with Crippen molar-refractivity contribution in [1.82, 2.24) is 15.1 Å². The van der Waals surface area contributed by atoms with Crippen LogP contribution in [-0.2, 0) is 0 Å². The van der Waals surface area contributed by atoms with Crippen LogP contribution in [0.25, 0.3) is 0 Å². The fourth-order valence-electron chi connectivity index (χ4n) is 3.77. The maximum atomic E-state index is 9.45. The summed E-state index contributed by atoms with van der Waals surface area (Å²) in [5.74, 6) is 0. The molecule has 0 aromatic rings. The third-order valence-electron chi connectivity index (χ3n) is 5.14. The van der Waals surface area contributed by atoms with Crippen LogP contribution in [0.1, 0.15) is 39.5 Å². The Labute approximate surface area is 117 Å². The van der Waals surface area contributed by atoms with E-state index in [1.54, 1.807) is 0 Å². The van der Waals surface area contributed by atoms with Gasteiger partial charge in [0.15, 0.2) is 0 Å². The van der Waals surface area contributed by atoms with Gasteiger partial charge in [-0.25, -0.2) is 0 Å². The minimum atomic E-state index is -0.284. The number of nitrogens with zero attached hydrogens (tertiary/aromatic N) is 3. The zero-order valence-corrected chi connectivity index (χ0v) is 12.7. The average molecular weight is 264 g/mol. The first kappa shape index (κ1) is 14.8. The van der Waals surface area contributed by atoms with E-state index in [4.69, 9.17) is 0 Å². The predicted octanol–water partition coefficient (Wildman–Crippen LogP) is 1.44. The zero-order valence-electron chi connectivity index (χ0n) is 12.7. The highest BCUT2D eigenvalue weighted by Gasteiger charge is 2.38. The van der Waals surface area contributed by atoms with Gasteiger partial charge in [0.2, 0.25) is 0 Å². The molecule has 2 fully saturated rings. The Morgan fingerprint density at radius 2 is 2.21 bits per heavy atom. The highest BCUT2D eigenvalue weighted by molar-refractivity contribution is 5.10. The molecule has 4 nitrogen and oxygen atoms in total. The van der Waals surface area contributed by atoms with E-state index in [0.717, 1.165) is 32.5 Å². The molecule has 4 heteroatoms. The molecule has 0 bridgehead atoms. The fourth-order valence-corrected chi connectivity index (χ4v) is 3.77. The molecule has 1 heterocycles.